The van der Waals surface area contributed by atoms with E-state index < -0.39 is 11.9 Å². The molecule has 1 aromatic heterocycles. The van der Waals surface area contributed by atoms with Crippen molar-refractivity contribution in [2.75, 3.05) is 13.2 Å². The average molecular weight is 251 g/mol. The fourth-order valence-corrected chi connectivity index (χ4v) is 1.41. The molecule has 0 spiro atoms. The number of esters is 2. The summed E-state index contributed by atoms with van der Waals surface area (Å²) in [6.45, 7) is 5.98. The van der Waals surface area contributed by atoms with Crippen molar-refractivity contribution in [3.63, 3.8) is 0 Å². The summed E-state index contributed by atoms with van der Waals surface area (Å²) in [5, 5.41) is 0. The molecule has 18 heavy (non-hydrogen) atoms. The number of hydrogen-bond donors (Lipinski definition) is 1. The minimum Gasteiger partial charge on any atom is -0.463 e. The highest BCUT2D eigenvalue weighted by atomic mass is 16.5. The summed E-state index contributed by atoms with van der Waals surface area (Å²) in [6, 6.07) is 1.68. The van der Waals surface area contributed by atoms with Crippen LogP contribution in [-0.2, 0) is 14.3 Å². The number of aromatic amines is 1. The molecule has 98 valence electrons. The van der Waals surface area contributed by atoms with Gasteiger partial charge in [0.2, 0.25) is 0 Å². The van der Waals surface area contributed by atoms with Gasteiger partial charge in [-0.25, -0.2) is 9.59 Å². The van der Waals surface area contributed by atoms with Gasteiger partial charge in [0.1, 0.15) is 5.69 Å². The number of hydrogen-bond acceptors (Lipinski definition) is 4. The minimum atomic E-state index is -0.413. The number of nitrogens with one attached hydrogen (secondary N) is 1. The van der Waals surface area contributed by atoms with Crippen molar-refractivity contribution in [3.8, 4) is 0 Å². The Balaban J connectivity index is 2.79. The Kier molecular flexibility index (Phi) is 5.17. The fraction of sp³-hybridized carbons (Fsp3) is 0.385. The van der Waals surface area contributed by atoms with E-state index in [4.69, 9.17) is 9.47 Å². The van der Waals surface area contributed by atoms with Crippen LogP contribution in [0.3, 0.4) is 0 Å². The lowest BCUT2D eigenvalue weighted by atomic mass is 10.2. The minimum absolute atomic E-state index is 0.324. The zero-order valence-electron chi connectivity index (χ0n) is 10.8. The average Bonchev–Trinajstić information content (AvgIpc) is 2.69. The first-order valence-corrected chi connectivity index (χ1v) is 5.80. The van der Waals surface area contributed by atoms with Gasteiger partial charge >= 0.3 is 11.9 Å². The van der Waals surface area contributed by atoms with Crippen LogP contribution in [0, 0.1) is 6.92 Å². The van der Waals surface area contributed by atoms with Gasteiger partial charge in [-0.05, 0) is 38.5 Å². The Bertz CT molecular complexity index is 460. The van der Waals surface area contributed by atoms with E-state index in [0.717, 1.165) is 5.56 Å². The van der Waals surface area contributed by atoms with Crippen LogP contribution in [0.2, 0.25) is 0 Å². The second-order valence-corrected chi connectivity index (χ2v) is 3.59. The summed E-state index contributed by atoms with van der Waals surface area (Å²) in [5.41, 5.74) is 1.92. The van der Waals surface area contributed by atoms with E-state index >= 15 is 0 Å². The van der Waals surface area contributed by atoms with E-state index in [-0.39, 0.29) is 0 Å². The molecule has 1 N–H and O–H groups in total. The Morgan fingerprint density at radius 1 is 1.28 bits per heavy atom. The molecule has 0 atom stereocenters. The summed E-state index contributed by atoms with van der Waals surface area (Å²) < 4.78 is 9.64. The monoisotopic (exact) mass is 251 g/mol. The number of aryl methyl sites for hydroxylation is 1. The summed E-state index contributed by atoms with van der Waals surface area (Å²) in [5.74, 6) is -0.819. The second kappa shape index (κ2) is 6.64. The van der Waals surface area contributed by atoms with Crippen molar-refractivity contribution in [3.05, 3.63) is 29.1 Å². The largest absolute Gasteiger partial charge is 0.463 e. The van der Waals surface area contributed by atoms with E-state index in [2.05, 4.69) is 4.98 Å². The van der Waals surface area contributed by atoms with Crippen LogP contribution in [0.25, 0.3) is 6.08 Å². The van der Waals surface area contributed by atoms with Gasteiger partial charge in [0.25, 0.3) is 0 Å². The van der Waals surface area contributed by atoms with Gasteiger partial charge in [0, 0.05) is 11.8 Å². The molecule has 5 nitrogen and oxygen atoms in total. The molecule has 0 amide bonds. The molecule has 0 aliphatic heterocycles. The lowest BCUT2D eigenvalue weighted by molar-refractivity contribution is -0.137. The highest BCUT2D eigenvalue weighted by Crippen LogP contribution is 2.12. The van der Waals surface area contributed by atoms with E-state index in [1.54, 1.807) is 26.0 Å². The maximum atomic E-state index is 11.5. The van der Waals surface area contributed by atoms with E-state index in [1.165, 1.54) is 6.08 Å². The zero-order chi connectivity index (χ0) is 13.5. The molecule has 0 saturated heterocycles. The summed E-state index contributed by atoms with van der Waals surface area (Å²) in [4.78, 5) is 25.5. The van der Waals surface area contributed by atoms with Crippen LogP contribution in [-0.4, -0.2) is 30.1 Å². The zero-order valence-corrected chi connectivity index (χ0v) is 10.8. The Morgan fingerprint density at radius 2 is 1.94 bits per heavy atom. The number of carbonyl (C=O) groups is 2. The fourth-order valence-electron chi connectivity index (χ4n) is 1.41. The van der Waals surface area contributed by atoms with Crippen LogP contribution in [0.4, 0.5) is 0 Å². The third-order valence-corrected chi connectivity index (χ3v) is 2.22. The summed E-state index contributed by atoms with van der Waals surface area (Å²) >= 11 is 0. The van der Waals surface area contributed by atoms with E-state index in [0.29, 0.717) is 24.6 Å². The van der Waals surface area contributed by atoms with Gasteiger partial charge in [-0.15, -0.1) is 0 Å². The first kappa shape index (κ1) is 14.0. The topological polar surface area (TPSA) is 68.4 Å². The highest BCUT2D eigenvalue weighted by molar-refractivity contribution is 5.90. The highest BCUT2D eigenvalue weighted by Gasteiger charge is 2.11. The standard InChI is InChI=1S/C13H17NO4/c1-4-17-12(15)7-6-10-9(3)8-11(14-10)13(16)18-5-2/h6-8,14H,4-5H2,1-3H3. The summed E-state index contributed by atoms with van der Waals surface area (Å²) in [6.07, 6.45) is 2.90. The van der Waals surface area contributed by atoms with Crippen LogP contribution < -0.4 is 0 Å². The third kappa shape index (κ3) is 3.76. The van der Waals surface area contributed by atoms with Crippen molar-refractivity contribution in [2.24, 2.45) is 0 Å². The quantitative estimate of drug-likeness (QED) is 0.642. The lowest BCUT2D eigenvalue weighted by Crippen LogP contribution is -2.04. The molecule has 0 aliphatic rings. The SMILES string of the molecule is CCOC(=O)C=Cc1[nH]c(C(=O)OCC)cc1C. The molecule has 0 aromatic carbocycles. The van der Waals surface area contributed by atoms with Crippen molar-refractivity contribution in [2.45, 2.75) is 20.8 Å². The maximum absolute atomic E-state index is 11.5. The van der Waals surface area contributed by atoms with Crippen LogP contribution in [0.15, 0.2) is 12.1 Å². The number of aromatic nitrogens is 1. The molecule has 0 radical (unpaired) electrons. The Labute approximate surface area is 106 Å². The number of H-pyrrole nitrogens is 1. The molecular formula is C13H17NO4. The molecule has 0 saturated carbocycles. The molecule has 1 heterocycles. The molecule has 5 heteroatoms. The third-order valence-electron chi connectivity index (χ3n) is 2.22. The van der Waals surface area contributed by atoms with Crippen molar-refractivity contribution < 1.29 is 19.1 Å². The first-order chi connectivity index (χ1) is 8.58. The van der Waals surface area contributed by atoms with Gasteiger partial charge in [0.15, 0.2) is 0 Å². The van der Waals surface area contributed by atoms with Crippen LogP contribution in [0.5, 0.6) is 0 Å². The second-order valence-electron chi connectivity index (χ2n) is 3.59. The van der Waals surface area contributed by atoms with E-state index in [9.17, 15) is 9.59 Å². The first-order valence-electron chi connectivity index (χ1n) is 5.80. The lowest BCUT2D eigenvalue weighted by Gasteiger charge is -1.97. The molecule has 0 aliphatic carbocycles. The predicted molar refractivity (Wildman–Crippen MR) is 67.2 cm³/mol. The predicted octanol–water partition coefficient (Wildman–Crippen LogP) is 2.08. The summed E-state index contributed by atoms with van der Waals surface area (Å²) in [7, 11) is 0. The van der Waals surface area contributed by atoms with Crippen LogP contribution >= 0.6 is 0 Å². The molecule has 1 rings (SSSR count). The molecular weight excluding hydrogens is 234 g/mol. The number of ether oxygens (including phenoxy) is 2. The van der Waals surface area contributed by atoms with Gasteiger partial charge in [-0.2, -0.15) is 0 Å². The van der Waals surface area contributed by atoms with Gasteiger partial charge in [-0.3, -0.25) is 0 Å². The molecule has 0 unspecified atom stereocenters. The van der Waals surface area contributed by atoms with Gasteiger partial charge in [-0.1, -0.05) is 0 Å². The smallest absolute Gasteiger partial charge is 0.354 e. The molecule has 0 fully saturated rings. The number of carbonyl (C=O) groups excluding carboxylic acids is 2. The van der Waals surface area contributed by atoms with Crippen molar-refractivity contribution in [1.29, 1.82) is 0 Å². The molecule has 0 bridgehead atoms. The Hall–Kier alpha value is -2.04. The van der Waals surface area contributed by atoms with Gasteiger partial charge in [0.05, 0.1) is 13.2 Å². The normalized spacial score (nSPS) is 10.6. The van der Waals surface area contributed by atoms with Crippen LogP contribution in [0.1, 0.15) is 35.6 Å². The molecule has 1 aromatic rings. The van der Waals surface area contributed by atoms with Gasteiger partial charge < -0.3 is 14.5 Å². The number of rotatable bonds is 5. The Morgan fingerprint density at radius 3 is 2.56 bits per heavy atom. The van der Waals surface area contributed by atoms with E-state index in [1.807, 2.05) is 6.92 Å². The van der Waals surface area contributed by atoms with Crippen molar-refractivity contribution in [1.82, 2.24) is 4.98 Å². The maximum Gasteiger partial charge on any atom is 0.354 e. The van der Waals surface area contributed by atoms with Crippen molar-refractivity contribution >= 4 is 18.0 Å².